The molecule has 0 aliphatic carbocycles. The van der Waals surface area contributed by atoms with Crippen molar-refractivity contribution in [3.05, 3.63) is 72.3 Å². The molecule has 0 heteroatoms. The van der Waals surface area contributed by atoms with Gasteiger partial charge in [-0.3, -0.25) is 0 Å². The molecule has 1 radical (unpaired) electrons. The summed E-state index contributed by atoms with van der Waals surface area (Å²) in [5.41, 5.74) is 1.32. The molecule has 0 amide bonds. The lowest BCUT2D eigenvalue weighted by molar-refractivity contribution is 1.48. The van der Waals surface area contributed by atoms with Crippen molar-refractivity contribution < 1.29 is 0 Å². The molecule has 0 nitrogen and oxygen atoms in total. The van der Waals surface area contributed by atoms with E-state index in [9.17, 15) is 0 Å². The van der Waals surface area contributed by atoms with Gasteiger partial charge in [0.2, 0.25) is 0 Å². The van der Waals surface area contributed by atoms with Crippen LogP contribution in [0.5, 0.6) is 0 Å². The maximum atomic E-state index is 2.89. The fraction of sp³-hybridized carbons (Fsp3) is 0.143. The zero-order valence-corrected chi connectivity index (χ0v) is 7.77. The SMILES string of the molecule is C.Cc1ccccc1.[c]1ccccc1. The van der Waals surface area contributed by atoms with Gasteiger partial charge in [-0.05, 0) is 13.0 Å². The molecule has 0 unspecified atom stereocenters. The van der Waals surface area contributed by atoms with Crippen molar-refractivity contribution in [2.45, 2.75) is 14.4 Å². The van der Waals surface area contributed by atoms with Crippen LogP contribution < -0.4 is 0 Å². The van der Waals surface area contributed by atoms with Crippen LogP contribution in [0, 0.1) is 13.0 Å². The minimum absolute atomic E-state index is 0. The van der Waals surface area contributed by atoms with Crippen LogP contribution in [-0.2, 0) is 0 Å². The predicted molar refractivity (Wildman–Crippen MR) is 63.2 cm³/mol. The number of hydrogen-bond acceptors (Lipinski definition) is 0. The highest BCUT2D eigenvalue weighted by atomic mass is 13.8. The minimum atomic E-state index is 0. The molecule has 14 heavy (non-hydrogen) atoms. The van der Waals surface area contributed by atoms with Crippen molar-refractivity contribution >= 4 is 0 Å². The normalized spacial score (nSPS) is 7.79. The van der Waals surface area contributed by atoms with Gasteiger partial charge in [0.05, 0.1) is 0 Å². The molecule has 0 fully saturated rings. The molecule has 0 aromatic heterocycles. The molecule has 0 aliphatic rings. The number of rotatable bonds is 0. The van der Waals surface area contributed by atoms with Crippen LogP contribution in [0.4, 0.5) is 0 Å². The first-order valence-electron chi connectivity index (χ1n) is 4.32. The van der Waals surface area contributed by atoms with Gasteiger partial charge in [-0.15, -0.1) is 0 Å². The molecule has 0 saturated carbocycles. The molecule has 2 aromatic rings. The van der Waals surface area contributed by atoms with Gasteiger partial charge in [0.15, 0.2) is 0 Å². The van der Waals surface area contributed by atoms with Gasteiger partial charge >= 0.3 is 0 Å². The molecule has 0 spiro atoms. The Morgan fingerprint density at radius 2 is 1.29 bits per heavy atom. The first-order valence-corrected chi connectivity index (χ1v) is 4.32. The van der Waals surface area contributed by atoms with Crippen LogP contribution >= 0.6 is 0 Å². The lowest BCUT2D eigenvalue weighted by Crippen LogP contribution is -1.62. The van der Waals surface area contributed by atoms with Gasteiger partial charge in [0.25, 0.3) is 0 Å². The van der Waals surface area contributed by atoms with Crippen LogP contribution in [0.15, 0.2) is 60.7 Å². The van der Waals surface area contributed by atoms with E-state index in [1.54, 1.807) is 0 Å². The number of benzene rings is 2. The lowest BCUT2D eigenvalue weighted by atomic mass is 10.2. The monoisotopic (exact) mass is 185 g/mol. The van der Waals surface area contributed by atoms with E-state index in [0.29, 0.717) is 0 Å². The molecule has 0 atom stereocenters. The average molecular weight is 185 g/mol. The Labute approximate surface area is 87.2 Å². The van der Waals surface area contributed by atoms with E-state index in [1.807, 2.05) is 48.5 Å². The predicted octanol–water partition coefficient (Wildman–Crippen LogP) is 4.12. The standard InChI is InChI=1S/C7H8.C6H5.CH4/c1-7-5-3-2-4-6-7;1-2-4-6-5-3-1;/h2-6H,1H3;1-5H;1H4. The molecule has 2 rings (SSSR count). The Morgan fingerprint density at radius 1 is 0.786 bits per heavy atom. The van der Waals surface area contributed by atoms with E-state index >= 15 is 0 Å². The third-order valence-electron chi connectivity index (χ3n) is 1.55. The molecule has 0 aliphatic heterocycles. The lowest BCUT2D eigenvalue weighted by Gasteiger charge is -1.82. The highest BCUT2D eigenvalue weighted by molar-refractivity contribution is 5.11. The maximum absolute atomic E-state index is 2.89. The topological polar surface area (TPSA) is 0 Å². The zero-order valence-electron chi connectivity index (χ0n) is 7.77. The van der Waals surface area contributed by atoms with Crippen molar-refractivity contribution in [3.8, 4) is 0 Å². The summed E-state index contributed by atoms with van der Waals surface area (Å²) in [5.74, 6) is 0. The van der Waals surface area contributed by atoms with Gasteiger partial charge in [-0.2, -0.15) is 0 Å². The Bertz CT molecular complexity index is 271. The van der Waals surface area contributed by atoms with Gasteiger partial charge < -0.3 is 0 Å². The summed E-state index contributed by atoms with van der Waals surface area (Å²) in [4.78, 5) is 0. The number of hydrogen-bond donors (Lipinski definition) is 0. The summed E-state index contributed by atoms with van der Waals surface area (Å²) in [7, 11) is 0. The van der Waals surface area contributed by atoms with Crippen molar-refractivity contribution in [2.24, 2.45) is 0 Å². The summed E-state index contributed by atoms with van der Waals surface area (Å²) >= 11 is 0. The van der Waals surface area contributed by atoms with Crippen molar-refractivity contribution in [1.82, 2.24) is 0 Å². The second-order valence-electron chi connectivity index (χ2n) is 2.73. The van der Waals surface area contributed by atoms with Crippen LogP contribution in [0.25, 0.3) is 0 Å². The van der Waals surface area contributed by atoms with Gasteiger partial charge in [0.1, 0.15) is 0 Å². The summed E-state index contributed by atoms with van der Waals surface area (Å²) in [5, 5.41) is 0. The van der Waals surface area contributed by atoms with Gasteiger partial charge in [-0.25, -0.2) is 0 Å². The third kappa shape index (κ3) is 6.01. The molecule has 0 heterocycles. The van der Waals surface area contributed by atoms with Crippen molar-refractivity contribution in [2.75, 3.05) is 0 Å². The van der Waals surface area contributed by atoms with Crippen LogP contribution in [-0.4, -0.2) is 0 Å². The third-order valence-corrected chi connectivity index (χ3v) is 1.55. The molecule has 73 valence electrons. The average Bonchev–Trinajstić information content (AvgIpc) is 2.22. The Morgan fingerprint density at radius 3 is 1.50 bits per heavy atom. The van der Waals surface area contributed by atoms with E-state index < -0.39 is 0 Å². The largest absolute Gasteiger partial charge is 0.0776 e. The first-order chi connectivity index (χ1) is 6.39. The van der Waals surface area contributed by atoms with Gasteiger partial charge in [0, 0.05) is 0 Å². The molecule has 2 aromatic carbocycles. The summed E-state index contributed by atoms with van der Waals surface area (Å²) < 4.78 is 0. The molecule has 0 N–H and O–H groups in total. The van der Waals surface area contributed by atoms with E-state index in [-0.39, 0.29) is 7.43 Å². The molecular weight excluding hydrogens is 168 g/mol. The first kappa shape index (κ1) is 12.4. The van der Waals surface area contributed by atoms with Gasteiger partial charge in [-0.1, -0.05) is 73.7 Å². The zero-order chi connectivity index (χ0) is 9.36. The fourth-order valence-corrected chi connectivity index (χ4v) is 0.876. The Balaban J connectivity index is 0.000000227. The fourth-order valence-electron chi connectivity index (χ4n) is 0.876. The highest BCUT2D eigenvalue weighted by Gasteiger charge is 1.72. The smallest absolute Gasteiger partial charge is 0.0184 e. The summed E-state index contributed by atoms with van der Waals surface area (Å²) in [6.45, 7) is 2.08. The number of aryl methyl sites for hydroxylation is 1. The maximum Gasteiger partial charge on any atom is -0.0184 e. The molecular formula is C14H17. The second kappa shape index (κ2) is 8.06. The second-order valence-corrected chi connectivity index (χ2v) is 2.73. The molecule has 0 saturated heterocycles. The van der Waals surface area contributed by atoms with Crippen molar-refractivity contribution in [3.63, 3.8) is 0 Å². The summed E-state index contributed by atoms with van der Waals surface area (Å²) in [6, 6.07) is 22.8. The highest BCUT2D eigenvalue weighted by Crippen LogP contribution is 1.92. The molecule has 0 bridgehead atoms. The Kier molecular flexibility index (Phi) is 7.16. The van der Waals surface area contributed by atoms with E-state index in [4.69, 9.17) is 0 Å². The minimum Gasteiger partial charge on any atom is -0.0776 e. The summed E-state index contributed by atoms with van der Waals surface area (Å²) in [6.07, 6.45) is 0. The van der Waals surface area contributed by atoms with Crippen LogP contribution in [0.1, 0.15) is 13.0 Å². The van der Waals surface area contributed by atoms with Crippen LogP contribution in [0.2, 0.25) is 0 Å². The Hall–Kier alpha value is -1.56. The van der Waals surface area contributed by atoms with Crippen LogP contribution in [0.3, 0.4) is 0 Å². The van der Waals surface area contributed by atoms with Crippen molar-refractivity contribution in [1.29, 1.82) is 0 Å². The van der Waals surface area contributed by atoms with E-state index in [2.05, 4.69) is 25.1 Å². The quantitative estimate of drug-likeness (QED) is 0.579. The van der Waals surface area contributed by atoms with E-state index in [1.165, 1.54) is 5.56 Å². The van der Waals surface area contributed by atoms with E-state index in [0.717, 1.165) is 0 Å².